The van der Waals surface area contributed by atoms with Crippen LogP contribution in [0.5, 0.6) is 11.5 Å². The van der Waals surface area contributed by atoms with Gasteiger partial charge in [0.25, 0.3) is 0 Å². The fourth-order valence-corrected chi connectivity index (χ4v) is 4.53. The minimum atomic E-state index is -1.23. The van der Waals surface area contributed by atoms with Gasteiger partial charge < -0.3 is 39.7 Å². The number of phenolic OH excluding ortho intramolecular Hbond substituents is 1. The lowest BCUT2D eigenvalue weighted by Crippen LogP contribution is -2.35. The zero-order chi connectivity index (χ0) is 26.6. The second-order valence-electron chi connectivity index (χ2n) is 10.6. The summed E-state index contributed by atoms with van der Waals surface area (Å²) in [6, 6.07) is 12.6. The molecule has 0 spiro atoms. The first-order valence-corrected chi connectivity index (χ1v) is 12.8. The number of aromatic nitrogens is 2. The van der Waals surface area contributed by atoms with E-state index in [0.717, 1.165) is 41.4 Å². The molecule has 37 heavy (non-hydrogen) atoms. The van der Waals surface area contributed by atoms with E-state index in [2.05, 4.69) is 31.4 Å². The first-order chi connectivity index (χ1) is 17.7. The molecule has 5 N–H and O–H groups in total. The molecule has 1 aliphatic rings. The van der Waals surface area contributed by atoms with Crippen LogP contribution in [0.25, 0.3) is 11.0 Å². The topological polar surface area (TPSA) is 129 Å². The number of rotatable bonds is 12. The number of nitrogens with zero attached hydrogens (tertiary/aromatic N) is 3. The van der Waals surface area contributed by atoms with Gasteiger partial charge in [0.15, 0.2) is 17.7 Å². The average Bonchev–Trinajstić information content (AvgIpc) is 3.37. The van der Waals surface area contributed by atoms with E-state index in [1.165, 1.54) is 0 Å². The molecular formula is C27H39N4O6+. The Hall–Kier alpha value is -2.89. The van der Waals surface area contributed by atoms with Crippen molar-refractivity contribution in [1.29, 1.82) is 0 Å². The van der Waals surface area contributed by atoms with Gasteiger partial charge in [0.1, 0.15) is 18.3 Å². The van der Waals surface area contributed by atoms with E-state index < -0.39 is 31.1 Å². The lowest BCUT2D eigenvalue weighted by molar-refractivity contribution is -0.870. The molecule has 10 nitrogen and oxygen atoms in total. The van der Waals surface area contributed by atoms with Crippen molar-refractivity contribution in [2.45, 2.75) is 50.3 Å². The molecule has 0 amide bonds. The van der Waals surface area contributed by atoms with Crippen LogP contribution in [0.4, 0.5) is 5.95 Å². The number of anilines is 1. The third-order valence-corrected chi connectivity index (χ3v) is 6.57. The van der Waals surface area contributed by atoms with Gasteiger partial charge in [0.2, 0.25) is 5.95 Å². The highest BCUT2D eigenvalue weighted by Gasteiger charge is 2.44. The van der Waals surface area contributed by atoms with Crippen LogP contribution in [-0.2, 0) is 11.3 Å². The molecule has 10 heteroatoms. The summed E-state index contributed by atoms with van der Waals surface area (Å²) in [6.45, 7) is 1.61. The molecule has 1 fully saturated rings. The second-order valence-corrected chi connectivity index (χ2v) is 10.6. The minimum absolute atomic E-state index is 0.0915. The van der Waals surface area contributed by atoms with E-state index in [-0.39, 0.29) is 5.75 Å². The summed E-state index contributed by atoms with van der Waals surface area (Å²) in [5.41, 5.74) is 2.29. The molecule has 0 radical (unpaired) electrons. The summed E-state index contributed by atoms with van der Waals surface area (Å²) in [6.07, 6.45) is -1.15. The number of aliphatic hydroxyl groups is 3. The summed E-state index contributed by atoms with van der Waals surface area (Å²) in [7, 11) is 6.55. The summed E-state index contributed by atoms with van der Waals surface area (Å²) in [5.74, 6) is 0.973. The maximum atomic E-state index is 10.6. The Morgan fingerprint density at radius 1 is 1.05 bits per heavy atom. The molecule has 0 bridgehead atoms. The van der Waals surface area contributed by atoms with Crippen molar-refractivity contribution in [2.24, 2.45) is 0 Å². The zero-order valence-electron chi connectivity index (χ0n) is 21.7. The number of aromatic hydroxyl groups is 1. The number of quaternary nitrogens is 1. The van der Waals surface area contributed by atoms with Crippen LogP contribution in [0.2, 0.25) is 0 Å². The standard InChI is InChI=1S/C27H38N4O6/c1-31(2,3)13-7-4-8-14-36-22-15-18(11-12-21(22)33)16-28-27-29-19-9-5-6-10-20(19)30(27)26-25(35)24(34)23(17-32)37-26/h5-6,9-12,15,23-26,32,34-35H,4,7-8,13-14,16-17H2,1-3H3,(H-,28,29,33)/p+1/t23-,24-,25-,26-/m1/s1. The lowest BCUT2D eigenvalue weighted by Gasteiger charge is -2.23. The Labute approximate surface area is 217 Å². The Bertz CT molecular complexity index is 1180. The number of aliphatic hydroxyl groups excluding tert-OH is 3. The molecule has 1 saturated heterocycles. The van der Waals surface area contributed by atoms with Gasteiger partial charge in [-0.05, 0) is 49.1 Å². The quantitative estimate of drug-likeness (QED) is 0.183. The average molecular weight is 516 g/mol. The smallest absolute Gasteiger partial charge is 0.206 e. The van der Waals surface area contributed by atoms with Crippen LogP contribution in [0.3, 0.4) is 0 Å². The Balaban J connectivity index is 1.44. The van der Waals surface area contributed by atoms with Crippen LogP contribution >= 0.6 is 0 Å². The van der Waals surface area contributed by atoms with Gasteiger partial charge in [-0.15, -0.1) is 0 Å². The van der Waals surface area contributed by atoms with Gasteiger partial charge in [-0.1, -0.05) is 18.2 Å². The van der Waals surface area contributed by atoms with Crippen molar-refractivity contribution in [2.75, 3.05) is 46.2 Å². The first kappa shape index (κ1) is 27.2. The Kier molecular flexibility index (Phi) is 8.56. The largest absolute Gasteiger partial charge is 0.504 e. The maximum Gasteiger partial charge on any atom is 0.206 e. The number of fused-ring (bicyclic) bond motifs is 1. The predicted molar refractivity (Wildman–Crippen MR) is 140 cm³/mol. The predicted octanol–water partition coefficient (Wildman–Crippen LogP) is 2.22. The number of hydrogen-bond acceptors (Lipinski definition) is 8. The zero-order valence-corrected chi connectivity index (χ0v) is 21.7. The van der Waals surface area contributed by atoms with Crippen molar-refractivity contribution in [3.05, 3.63) is 48.0 Å². The van der Waals surface area contributed by atoms with Gasteiger partial charge in [-0.25, -0.2) is 4.98 Å². The molecule has 0 aliphatic carbocycles. The Morgan fingerprint density at radius 3 is 2.57 bits per heavy atom. The molecule has 4 rings (SSSR count). The molecular weight excluding hydrogens is 476 g/mol. The molecule has 1 aliphatic heterocycles. The van der Waals surface area contributed by atoms with Crippen molar-refractivity contribution in [1.82, 2.24) is 9.55 Å². The Morgan fingerprint density at radius 2 is 1.84 bits per heavy atom. The van der Waals surface area contributed by atoms with Crippen LogP contribution in [-0.4, -0.2) is 93.7 Å². The van der Waals surface area contributed by atoms with E-state index in [0.29, 0.717) is 30.4 Å². The van der Waals surface area contributed by atoms with Gasteiger partial charge in [-0.3, -0.25) is 4.57 Å². The summed E-state index contributed by atoms with van der Waals surface area (Å²) in [4.78, 5) is 4.65. The van der Waals surface area contributed by atoms with Crippen molar-refractivity contribution in [3.8, 4) is 11.5 Å². The van der Waals surface area contributed by atoms with Gasteiger partial charge >= 0.3 is 0 Å². The van der Waals surface area contributed by atoms with Crippen molar-refractivity contribution in [3.63, 3.8) is 0 Å². The number of benzene rings is 2. The molecule has 3 aromatic rings. The van der Waals surface area contributed by atoms with Crippen LogP contribution in [0, 0.1) is 0 Å². The number of imidazole rings is 1. The van der Waals surface area contributed by atoms with E-state index >= 15 is 0 Å². The van der Waals surface area contributed by atoms with Crippen LogP contribution < -0.4 is 10.1 Å². The second kappa shape index (κ2) is 11.7. The highest BCUT2D eigenvalue weighted by molar-refractivity contribution is 5.78. The van der Waals surface area contributed by atoms with Crippen LogP contribution in [0.15, 0.2) is 42.5 Å². The number of phenols is 1. The van der Waals surface area contributed by atoms with E-state index in [1.807, 2.05) is 24.3 Å². The minimum Gasteiger partial charge on any atom is -0.504 e. The number of hydrogen-bond donors (Lipinski definition) is 5. The van der Waals surface area contributed by atoms with Crippen LogP contribution in [0.1, 0.15) is 31.1 Å². The van der Waals surface area contributed by atoms with E-state index in [1.54, 1.807) is 22.8 Å². The molecule has 2 heterocycles. The van der Waals surface area contributed by atoms with Gasteiger partial charge in [-0.2, -0.15) is 0 Å². The number of para-hydroxylation sites is 2. The molecule has 2 aromatic carbocycles. The third-order valence-electron chi connectivity index (χ3n) is 6.57. The highest BCUT2D eigenvalue weighted by atomic mass is 16.6. The number of unbranched alkanes of at least 4 members (excludes halogenated alkanes) is 2. The molecule has 1 aromatic heterocycles. The summed E-state index contributed by atoms with van der Waals surface area (Å²) < 4.78 is 14.3. The summed E-state index contributed by atoms with van der Waals surface area (Å²) >= 11 is 0. The molecule has 4 atom stereocenters. The highest BCUT2D eigenvalue weighted by Crippen LogP contribution is 2.35. The van der Waals surface area contributed by atoms with Crippen molar-refractivity contribution >= 4 is 17.0 Å². The lowest BCUT2D eigenvalue weighted by atomic mass is 10.1. The fourth-order valence-electron chi connectivity index (χ4n) is 4.53. The first-order valence-electron chi connectivity index (χ1n) is 12.8. The van der Waals surface area contributed by atoms with Gasteiger partial charge in [0.05, 0.1) is 51.9 Å². The molecule has 0 unspecified atom stereocenters. The van der Waals surface area contributed by atoms with Gasteiger partial charge in [0, 0.05) is 6.54 Å². The van der Waals surface area contributed by atoms with Crippen molar-refractivity contribution < 1.29 is 34.4 Å². The fraction of sp³-hybridized carbons (Fsp3) is 0.519. The summed E-state index contributed by atoms with van der Waals surface area (Å²) in [5, 5.41) is 44.0. The number of nitrogens with one attached hydrogen (secondary N) is 1. The number of ether oxygens (including phenoxy) is 2. The van der Waals surface area contributed by atoms with E-state index in [9.17, 15) is 20.4 Å². The molecule has 0 saturated carbocycles. The maximum absolute atomic E-state index is 10.6. The monoisotopic (exact) mass is 515 g/mol. The molecule has 202 valence electrons. The third kappa shape index (κ3) is 6.52. The normalized spacial score (nSPS) is 22.0. The SMILES string of the molecule is C[N+](C)(C)CCCCCOc1cc(CNc2nc3ccccc3n2[C@@H]2O[C@H](CO)[C@@H](O)[C@H]2O)ccc1O. The van der Waals surface area contributed by atoms with E-state index in [4.69, 9.17) is 9.47 Å².